The normalized spacial score (nSPS) is 46.3. The molecule has 160 valence electrons. The molecule has 29 heavy (non-hydrogen) atoms. The number of hydrogen-bond acceptors (Lipinski definition) is 6. The fraction of sp³-hybridized carbons (Fsp3) is 0.826. The summed E-state index contributed by atoms with van der Waals surface area (Å²) in [5, 5.41) is 0. The summed E-state index contributed by atoms with van der Waals surface area (Å²) in [5.74, 6) is 0.171. The van der Waals surface area contributed by atoms with Gasteiger partial charge in [0.15, 0.2) is 0 Å². The number of carbonyl (C=O) groups is 4. The van der Waals surface area contributed by atoms with E-state index in [1.165, 1.54) is 13.8 Å². The Labute approximate surface area is 172 Å². The van der Waals surface area contributed by atoms with Gasteiger partial charge in [-0.2, -0.15) is 0 Å². The topological polar surface area (TPSA) is 86.7 Å². The van der Waals surface area contributed by atoms with E-state index in [4.69, 9.17) is 9.47 Å². The first-order chi connectivity index (χ1) is 13.6. The second-order valence-corrected chi connectivity index (χ2v) is 10.2. The van der Waals surface area contributed by atoms with Crippen molar-refractivity contribution in [2.75, 3.05) is 0 Å². The number of carbonyl (C=O) groups excluding carboxylic acids is 4. The van der Waals surface area contributed by atoms with Gasteiger partial charge in [0.2, 0.25) is 0 Å². The summed E-state index contributed by atoms with van der Waals surface area (Å²) in [6.45, 7) is 7.03. The van der Waals surface area contributed by atoms with Crippen LogP contribution in [0.2, 0.25) is 0 Å². The number of hydrogen-bond donors (Lipinski definition) is 0. The van der Waals surface area contributed by atoms with E-state index in [0.29, 0.717) is 32.1 Å². The zero-order valence-electron chi connectivity index (χ0n) is 17.9. The van der Waals surface area contributed by atoms with Gasteiger partial charge in [-0.1, -0.05) is 6.92 Å². The van der Waals surface area contributed by atoms with Crippen LogP contribution in [0.1, 0.15) is 72.6 Å². The Morgan fingerprint density at radius 1 is 0.966 bits per heavy atom. The van der Waals surface area contributed by atoms with Crippen LogP contribution in [0, 0.1) is 34.5 Å². The SMILES string of the molecule is CC(=O)O[C@H]1C[C@H]2[C@@H]([C@H](OC(C)=O)C[C@H]3CC(=O)CC[C@@]32C)[C@@H]2CCC(=O)[C@@]12C. The van der Waals surface area contributed by atoms with E-state index in [-0.39, 0.29) is 58.7 Å². The second-order valence-electron chi connectivity index (χ2n) is 10.2. The van der Waals surface area contributed by atoms with Crippen molar-refractivity contribution in [1.82, 2.24) is 0 Å². The lowest BCUT2D eigenvalue weighted by atomic mass is 9.44. The molecule has 4 aliphatic carbocycles. The molecule has 0 aliphatic heterocycles. The lowest BCUT2D eigenvalue weighted by molar-refractivity contribution is -0.210. The zero-order chi connectivity index (χ0) is 21.1. The molecule has 4 fully saturated rings. The number of Topliss-reactive ketones (excluding diaryl/α,β-unsaturated/α-hetero) is 2. The van der Waals surface area contributed by atoms with Crippen molar-refractivity contribution in [1.29, 1.82) is 0 Å². The summed E-state index contributed by atoms with van der Waals surface area (Å²) in [5.41, 5.74) is -0.792. The van der Waals surface area contributed by atoms with E-state index in [2.05, 4.69) is 6.92 Å². The molecule has 0 N–H and O–H groups in total. The Morgan fingerprint density at radius 2 is 1.66 bits per heavy atom. The van der Waals surface area contributed by atoms with Crippen LogP contribution in [0.3, 0.4) is 0 Å². The van der Waals surface area contributed by atoms with E-state index >= 15 is 0 Å². The zero-order valence-corrected chi connectivity index (χ0v) is 17.9. The van der Waals surface area contributed by atoms with Gasteiger partial charge in [0, 0.05) is 39.0 Å². The number of ketones is 2. The van der Waals surface area contributed by atoms with E-state index in [1.807, 2.05) is 6.92 Å². The minimum Gasteiger partial charge on any atom is -0.462 e. The van der Waals surface area contributed by atoms with Crippen molar-refractivity contribution in [3.63, 3.8) is 0 Å². The molecule has 8 atom stereocenters. The van der Waals surface area contributed by atoms with Gasteiger partial charge in [-0.15, -0.1) is 0 Å². The van der Waals surface area contributed by atoms with Crippen molar-refractivity contribution >= 4 is 23.5 Å². The van der Waals surface area contributed by atoms with Gasteiger partial charge in [0.05, 0.1) is 5.41 Å². The van der Waals surface area contributed by atoms with Gasteiger partial charge in [-0.3, -0.25) is 19.2 Å². The van der Waals surface area contributed by atoms with Crippen LogP contribution < -0.4 is 0 Å². The maximum atomic E-state index is 13.0. The molecule has 0 unspecified atom stereocenters. The smallest absolute Gasteiger partial charge is 0.302 e. The largest absolute Gasteiger partial charge is 0.462 e. The third-order valence-corrected chi connectivity index (χ3v) is 8.89. The molecule has 4 rings (SSSR count). The lowest BCUT2D eigenvalue weighted by Gasteiger charge is -2.62. The van der Waals surface area contributed by atoms with Crippen LogP contribution in [0.4, 0.5) is 0 Å². The average molecular weight is 405 g/mol. The first-order valence-electron chi connectivity index (χ1n) is 11.0. The quantitative estimate of drug-likeness (QED) is 0.657. The summed E-state index contributed by atoms with van der Waals surface area (Å²) < 4.78 is 11.6. The Bertz CT molecular complexity index is 758. The van der Waals surface area contributed by atoms with Crippen molar-refractivity contribution in [3.05, 3.63) is 0 Å². The minimum absolute atomic E-state index is 0.0258. The molecule has 4 saturated carbocycles. The van der Waals surface area contributed by atoms with Gasteiger partial charge < -0.3 is 9.47 Å². The number of rotatable bonds is 2. The Hall–Kier alpha value is -1.72. The minimum atomic E-state index is -0.723. The summed E-state index contributed by atoms with van der Waals surface area (Å²) in [6, 6.07) is 0. The van der Waals surface area contributed by atoms with Gasteiger partial charge in [-0.25, -0.2) is 0 Å². The molecule has 6 heteroatoms. The van der Waals surface area contributed by atoms with Crippen LogP contribution in [0.15, 0.2) is 0 Å². The second kappa shape index (κ2) is 6.92. The third-order valence-electron chi connectivity index (χ3n) is 8.89. The first-order valence-corrected chi connectivity index (χ1v) is 11.0. The highest BCUT2D eigenvalue weighted by atomic mass is 16.5. The standard InChI is InChI=1S/C23H32O6/c1-12(24)28-18-10-14-9-15(26)7-8-22(14,3)17-11-20(29-13(2)25)23(4)16(21(17)18)5-6-19(23)27/h14,16-18,20-21H,5-11H2,1-4H3/t14-,16+,17+,18-,20+,21+,22+,23+/m1/s1. The molecule has 0 amide bonds. The molecule has 4 aliphatic rings. The predicted octanol–water partition coefficient (Wildman–Crippen LogP) is 3.25. The van der Waals surface area contributed by atoms with Crippen LogP contribution in [0.25, 0.3) is 0 Å². The molecule has 0 saturated heterocycles. The van der Waals surface area contributed by atoms with E-state index < -0.39 is 11.5 Å². The fourth-order valence-electron chi connectivity index (χ4n) is 7.43. The van der Waals surface area contributed by atoms with Gasteiger partial charge in [0.25, 0.3) is 0 Å². The molecular formula is C23H32O6. The van der Waals surface area contributed by atoms with Crippen LogP contribution >= 0.6 is 0 Å². The van der Waals surface area contributed by atoms with Gasteiger partial charge in [-0.05, 0) is 55.8 Å². The number of fused-ring (bicyclic) bond motifs is 5. The average Bonchev–Trinajstić information content (AvgIpc) is 2.92. The van der Waals surface area contributed by atoms with E-state index in [0.717, 1.165) is 12.8 Å². The third kappa shape index (κ3) is 3.05. The highest BCUT2D eigenvalue weighted by molar-refractivity contribution is 5.88. The maximum absolute atomic E-state index is 13.0. The molecule has 0 aromatic carbocycles. The lowest BCUT2D eigenvalue weighted by Crippen LogP contribution is -2.63. The van der Waals surface area contributed by atoms with E-state index in [9.17, 15) is 19.2 Å². The van der Waals surface area contributed by atoms with Crippen LogP contribution in [0.5, 0.6) is 0 Å². The Morgan fingerprint density at radius 3 is 2.31 bits per heavy atom. The highest BCUT2D eigenvalue weighted by Gasteiger charge is 2.67. The van der Waals surface area contributed by atoms with Crippen molar-refractivity contribution in [2.24, 2.45) is 34.5 Å². The highest BCUT2D eigenvalue weighted by Crippen LogP contribution is 2.66. The van der Waals surface area contributed by atoms with E-state index in [1.54, 1.807) is 0 Å². The van der Waals surface area contributed by atoms with Crippen LogP contribution in [-0.4, -0.2) is 35.7 Å². The molecule has 0 radical (unpaired) electrons. The maximum Gasteiger partial charge on any atom is 0.302 e. The van der Waals surface area contributed by atoms with Crippen molar-refractivity contribution in [2.45, 2.75) is 84.8 Å². The molecule has 0 spiro atoms. The predicted molar refractivity (Wildman–Crippen MR) is 104 cm³/mol. The van der Waals surface area contributed by atoms with Gasteiger partial charge in [0.1, 0.15) is 23.8 Å². The fourth-order valence-corrected chi connectivity index (χ4v) is 7.43. The Kier molecular flexibility index (Phi) is 4.90. The molecule has 0 aromatic heterocycles. The molecule has 6 nitrogen and oxygen atoms in total. The Balaban J connectivity index is 1.78. The molecular weight excluding hydrogens is 372 g/mol. The van der Waals surface area contributed by atoms with Crippen molar-refractivity contribution in [3.8, 4) is 0 Å². The number of ether oxygens (including phenoxy) is 2. The van der Waals surface area contributed by atoms with Crippen molar-refractivity contribution < 1.29 is 28.7 Å². The molecule has 0 bridgehead atoms. The summed E-state index contributed by atoms with van der Waals surface area (Å²) in [6.07, 6.45) is 3.68. The summed E-state index contributed by atoms with van der Waals surface area (Å²) >= 11 is 0. The molecule has 0 aromatic rings. The summed E-state index contributed by atoms with van der Waals surface area (Å²) in [4.78, 5) is 49.0. The first kappa shape index (κ1) is 20.5. The van der Waals surface area contributed by atoms with Gasteiger partial charge >= 0.3 is 11.9 Å². The number of esters is 2. The summed E-state index contributed by atoms with van der Waals surface area (Å²) in [7, 11) is 0. The van der Waals surface area contributed by atoms with Crippen LogP contribution in [-0.2, 0) is 28.7 Å². The molecule has 0 heterocycles. The monoisotopic (exact) mass is 404 g/mol.